The maximum Gasteiger partial charge on any atom is 0.315 e. The van der Waals surface area contributed by atoms with Gasteiger partial charge in [-0.25, -0.2) is 4.98 Å². The lowest BCUT2D eigenvalue weighted by Gasteiger charge is -2.13. The number of amides is 1. The first-order valence-corrected chi connectivity index (χ1v) is 9.47. The van der Waals surface area contributed by atoms with Crippen molar-refractivity contribution in [3.8, 4) is 0 Å². The third-order valence-electron chi connectivity index (χ3n) is 3.57. The first-order valence-electron chi connectivity index (χ1n) is 7.67. The minimum Gasteiger partial charge on any atom is -0.316 e. The monoisotopic (exact) mass is 369 g/mol. The van der Waals surface area contributed by atoms with Crippen LogP contribution in [0.4, 0.5) is 8.78 Å². The number of allylic oxidation sites excluding steroid dienone is 1. The van der Waals surface area contributed by atoms with Crippen LogP contribution in [-0.2, 0) is 4.79 Å². The number of thioether (sulfide) groups is 1. The Morgan fingerprint density at radius 2 is 2.12 bits per heavy atom. The fraction of sp³-hybridized carbons (Fsp3) is 0.375. The summed E-state index contributed by atoms with van der Waals surface area (Å²) in [5.41, 5.74) is 1.73. The largest absolute Gasteiger partial charge is 0.316 e. The number of rotatable bonds is 3. The van der Waals surface area contributed by atoms with E-state index in [2.05, 4.69) is 15.6 Å². The highest BCUT2D eigenvalue weighted by molar-refractivity contribution is 8.03. The molecule has 1 aliphatic rings. The molecule has 0 bridgehead atoms. The average Bonchev–Trinajstić information content (AvgIpc) is 3.02. The minimum absolute atomic E-state index is 0.503. The molecule has 0 unspecified atom stereocenters. The number of thiazole rings is 1. The van der Waals surface area contributed by atoms with E-state index in [-0.39, 0.29) is 0 Å². The van der Waals surface area contributed by atoms with Crippen molar-refractivity contribution in [3.63, 3.8) is 0 Å². The number of carbonyl (C=O) groups excluding carboxylic acids is 1. The third-order valence-corrected chi connectivity index (χ3v) is 5.71. The van der Waals surface area contributed by atoms with Crippen LogP contribution in [0.3, 0.4) is 0 Å². The van der Waals surface area contributed by atoms with Crippen LogP contribution in [0.2, 0.25) is 0 Å². The number of aromatic nitrogens is 1. The van der Waals surface area contributed by atoms with Crippen LogP contribution in [0.15, 0.2) is 29.3 Å². The Balaban J connectivity index is 2.00. The van der Waals surface area contributed by atoms with Gasteiger partial charge < -0.3 is 10.6 Å². The lowest BCUT2D eigenvalue weighted by molar-refractivity contribution is -0.130. The summed E-state index contributed by atoms with van der Waals surface area (Å²) >= 11 is 2.91. The van der Waals surface area contributed by atoms with Crippen molar-refractivity contribution in [3.05, 3.63) is 34.3 Å². The minimum atomic E-state index is -3.03. The van der Waals surface area contributed by atoms with Crippen molar-refractivity contribution in [2.24, 2.45) is 0 Å². The van der Waals surface area contributed by atoms with E-state index >= 15 is 0 Å². The van der Waals surface area contributed by atoms with Gasteiger partial charge in [-0.15, -0.1) is 23.1 Å². The number of nitrogens with zero attached hydrogens (tertiary/aromatic N) is 1. The number of fused-ring (bicyclic) bond motifs is 1. The van der Waals surface area contributed by atoms with E-state index in [0.29, 0.717) is 17.2 Å². The van der Waals surface area contributed by atoms with Gasteiger partial charge in [0, 0.05) is 17.9 Å². The molecule has 1 aromatic heterocycles. The highest BCUT2D eigenvalue weighted by atomic mass is 32.2. The fourth-order valence-corrected chi connectivity index (χ4v) is 4.53. The molecule has 1 aliphatic heterocycles. The molecule has 4 nitrogen and oxygen atoms in total. The van der Waals surface area contributed by atoms with Gasteiger partial charge in [0.05, 0.1) is 15.2 Å². The lowest BCUT2D eigenvalue weighted by atomic mass is 10.1. The summed E-state index contributed by atoms with van der Waals surface area (Å²) in [5, 5.41) is 6.99. The van der Waals surface area contributed by atoms with Gasteiger partial charge in [0.15, 0.2) is 0 Å². The third kappa shape index (κ3) is 4.12. The number of alkyl halides is 2. The fourth-order valence-electron chi connectivity index (χ4n) is 2.42. The lowest BCUT2D eigenvalue weighted by Crippen LogP contribution is -2.29. The van der Waals surface area contributed by atoms with Crippen molar-refractivity contribution in [1.82, 2.24) is 15.6 Å². The van der Waals surface area contributed by atoms with E-state index in [9.17, 15) is 13.6 Å². The number of halogens is 2. The summed E-state index contributed by atoms with van der Waals surface area (Å²) in [5.74, 6) is -0.559. The molecule has 0 saturated carbocycles. The average molecular weight is 369 g/mol. The number of para-hydroxylation sites is 1. The number of hydrogen-bond acceptors (Lipinski definition) is 5. The van der Waals surface area contributed by atoms with Gasteiger partial charge in [0.2, 0.25) is 0 Å². The molecule has 2 aromatic rings. The Bertz CT molecular complexity index is 728. The first-order chi connectivity index (χ1) is 11.6. The summed E-state index contributed by atoms with van der Waals surface area (Å²) in [4.78, 5) is 16.1. The van der Waals surface area contributed by atoms with Crippen molar-refractivity contribution >= 4 is 44.8 Å². The second-order valence-electron chi connectivity index (χ2n) is 5.29. The van der Waals surface area contributed by atoms with Gasteiger partial charge in [0.1, 0.15) is 5.01 Å². The van der Waals surface area contributed by atoms with Gasteiger partial charge in [-0.2, -0.15) is 8.78 Å². The van der Waals surface area contributed by atoms with Gasteiger partial charge in [-0.1, -0.05) is 12.1 Å². The molecule has 8 heteroatoms. The molecule has 128 valence electrons. The van der Waals surface area contributed by atoms with Crippen LogP contribution in [0.1, 0.15) is 17.8 Å². The van der Waals surface area contributed by atoms with E-state index in [0.717, 1.165) is 40.3 Å². The molecule has 0 saturated heterocycles. The molecule has 1 aromatic carbocycles. The van der Waals surface area contributed by atoms with Gasteiger partial charge in [-0.3, -0.25) is 4.79 Å². The molecule has 2 N–H and O–H groups in total. The Labute approximate surface area is 146 Å². The molecule has 0 spiro atoms. The molecule has 0 radical (unpaired) electrons. The quantitative estimate of drug-likeness (QED) is 0.870. The second-order valence-corrected chi connectivity index (χ2v) is 7.42. The van der Waals surface area contributed by atoms with Crippen LogP contribution >= 0.6 is 23.1 Å². The Morgan fingerprint density at radius 3 is 2.92 bits per heavy atom. The summed E-state index contributed by atoms with van der Waals surface area (Å²) < 4.78 is 26.4. The molecule has 2 heterocycles. The summed E-state index contributed by atoms with van der Waals surface area (Å²) in [6.07, 6.45) is -1.49. The molecule has 0 atom stereocenters. The van der Waals surface area contributed by atoms with Crippen molar-refractivity contribution in [1.29, 1.82) is 0 Å². The maximum absolute atomic E-state index is 12.7. The van der Waals surface area contributed by atoms with Crippen LogP contribution < -0.4 is 10.6 Å². The Morgan fingerprint density at radius 1 is 1.29 bits per heavy atom. The van der Waals surface area contributed by atoms with Crippen molar-refractivity contribution in [2.75, 3.05) is 18.8 Å². The van der Waals surface area contributed by atoms with Crippen molar-refractivity contribution < 1.29 is 13.6 Å². The predicted octanol–water partition coefficient (Wildman–Crippen LogP) is 3.46. The van der Waals surface area contributed by atoms with E-state index in [1.165, 1.54) is 23.1 Å². The second kappa shape index (κ2) is 8.04. The Kier molecular flexibility index (Phi) is 5.80. The van der Waals surface area contributed by atoms with Gasteiger partial charge in [0.25, 0.3) is 5.91 Å². The summed E-state index contributed by atoms with van der Waals surface area (Å²) in [6, 6.07) is 7.77. The van der Waals surface area contributed by atoms with E-state index in [1.54, 1.807) is 0 Å². The maximum atomic E-state index is 12.7. The zero-order chi connectivity index (χ0) is 16.9. The molecule has 1 amide bonds. The molecular formula is C16H17F2N3OS2. The zero-order valence-corrected chi connectivity index (χ0v) is 14.5. The highest BCUT2D eigenvalue weighted by Crippen LogP contribution is 2.34. The molecular weight excluding hydrogens is 352 g/mol. The number of hydrogen-bond donors (Lipinski definition) is 2. The number of nitrogens with one attached hydrogen (secondary N) is 2. The highest BCUT2D eigenvalue weighted by Gasteiger charge is 2.21. The number of carbonyl (C=O) groups is 1. The molecule has 0 fully saturated rings. The van der Waals surface area contributed by atoms with E-state index in [4.69, 9.17) is 0 Å². The smallest absolute Gasteiger partial charge is 0.315 e. The van der Waals surface area contributed by atoms with Gasteiger partial charge >= 0.3 is 6.43 Å². The number of benzene rings is 1. The topological polar surface area (TPSA) is 54.0 Å². The zero-order valence-electron chi connectivity index (χ0n) is 12.9. The van der Waals surface area contributed by atoms with Crippen LogP contribution in [0, 0.1) is 0 Å². The predicted molar refractivity (Wildman–Crippen MR) is 95.2 cm³/mol. The van der Waals surface area contributed by atoms with E-state index < -0.39 is 12.3 Å². The molecule has 0 aliphatic carbocycles. The normalized spacial score (nSPS) is 16.8. The molecule has 24 heavy (non-hydrogen) atoms. The van der Waals surface area contributed by atoms with E-state index in [1.807, 2.05) is 24.3 Å². The van der Waals surface area contributed by atoms with Crippen LogP contribution in [-0.4, -0.2) is 36.2 Å². The van der Waals surface area contributed by atoms with Crippen LogP contribution in [0.25, 0.3) is 15.8 Å². The standard InChI is InChI=1S/C16H17F2N3OS2/c17-13(18)14(22)21-15-10(4-3-7-19-8-9-23-15)16-20-11-5-1-2-6-12(11)24-16/h1-2,5-6,13,19H,3-4,7-9H2,(H,21,22). The van der Waals surface area contributed by atoms with Crippen LogP contribution in [0.5, 0.6) is 0 Å². The van der Waals surface area contributed by atoms with Crippen molar-refractivity contribution in [2.45, 2.75) is 19.3 Å². The summed E-state index contributed by atoms with van der Waals surface area (Å²) in [6.45, 7) is 1.62. The molecule has 3 rings (SSSR count). The Hall–Kier alpha value is -1.51. The first kappa shape index (κ1) is 17.3. The van der Waals surface area contributed by atoms with Gasteiger partial charge in [-0.05, 0) is 31.5 Å². The summed E-state index contributed by atoms with van der Waals surface area (Å²) in [7, 11) is 0. The SMILES string of the molecule is O=C(NC1=C(c2nc3ccccc3s2)CCCNCCS1)C(F)F.